The van der Waals surface area contributed by atoms with Crippen LogP contribution in [0.1, 0.15) is 23.6 Å². The van der Waals surface area contributed by atoms with Crippen LogP contribution in [0.5, 0.6) is 0 Å². The first kappa shape index (κ1) is 20.2. The second-order valence-corrected chi connectivity index (χ2v) is 6.55. The standard InChI is InChI=1S/C21H20N2O6/c1-29-13-5-12-22-18(14-8-10-16(11-9-14)23(27)28)17(20(25)21(22)26)19(24)15-6-3-2-4-7-15/h2-4,6-11,18,24H,5,12-13H2,1H3/t18-/m0/s1. The second-order valence-electron chi connectivity index (χ2n) is 6.55. The van der Waals surface area contributed by atoms with Gasteiger partial charge >= 0.3 is 0 Å². The van der Waals surface area contributed by atoms with Gasteiger partial charge in [-0.15, -0.1) is 0 Å². The molecule has 0 aromatic heterocycles. The lowest BCUT2D eigenvalue weighted by atomic mass is 9.95. The van der Waals surface area contributed by atoms with Crippen molar-refractivity contribution in [3.63, 3.8) is 0 Å². The van der Waals surface area contributed by atoms with Crippen molar-refractivity contribution < 1.29 is 24.4 Å². The van der Waals surface area contributed by atoms with E-state index in [1.165, 1.54) is 36.3 Å². The molecule has 150 valence electrons. The zero-order valence-corrected chi connectivity index (χ0v) is 15.8. The molecule has 3 rings (SSSR count). The number of aliphatic hydroxyl groups is 1. The summed E-state index contributed by atoms with van der Waals surface area (Å²) in [5.41, 5.74) is 0.777. The van der Waals surface area contributed by atoms with E-state index in [9.17, 15) is 24.8 Å². The summed E-state index contributed by atoms with van der Waals surface area (Å²) in [5, 5.41) is 21.8. The average molecular weight is 396 g/mol. The van der Waals surface area contributed by atoms with Crippen molar-refractivity contribution in [1.29, 1.82) is 0 Å². The van der Waals surface area contributed by atoms with Crippen molar-refractivity contribution in [1.82, 2.24) is 4.90 Å². The van der Waals surface area contributed by atoms with Crippen LogP contribution in [0.15, 0.2) is 60.2 Å². The number of Topliss-reactive ketones (excluding diaryl/α,β-unsaturated/α-hetero) is 1. The Hall–Kier alpha value is -3.52. The van der Waals surface area contributed by atoms with Gasteiger partial charge in [0, 0.05) is 38.0 Å². The predicted octanol–water partition coefficient (Wildman–Crippen LogP) is 3.05. The largest absolute Gasteiger partial charge is 0.507 e. The molecule has 1 amide bonds. The van der Waals surface area contributed by atoms with Gasteiger partial charge in [0.05, 0.1) is 16.5 Å². The van der Waals surface area contributed by atoms with Gasteiger partial charge in [-0.25, -0.2) is 0 Å². The molecule has 1 aliphatic heterocycles. The van der Waals surface area contributed by atoms with Crippen molar-refractivity contribution in [2.75, 3.05) is 20.3 Å². The van der Waals surface area contributed by atoms with Crippen LogP contribution in [-0.4, -0.2) is 46.9 Å². The lowest BCUT2D eigenvalue weighted by Crippen LogP contribution is -2.31. The number of methoxy groups -OCH3 is 1. The number of carbonyl (C=O) groups excluding carboxylic acids is 2. The molecule has 1 N–H and O–H groups in total. The number of ether oxygens (including phenoxy) is 1. The number of amides is 1. The van der Waals surface area contributed by atoms with E-state index in [0.717, 1.165) is 0 Å². The van der Waals surface area contributed by atoms with Gasteiger partial charge in [-0.05, 0) is 24.1 Å². The third-order valence-corrected chi connectivity index (χ3v) is 4.75. The van der Waals surface area contributed by atoms with E-state index in [0.29, 0.717) is 24.2 Å². The van der Waals surface area contributed by atoms with E-state index in [1.54, 1.807) is 30.3 Å². The first-order valence-corrected chi connectivity index (χ1v) is 9.02. The molecule has 1 atom stereocenters. The maximum atomic E-state index is 12.8. The second kappa shape index (κ2) is 8.66. The molecule has 2 aromatic carbocycles. The van der Waals surface area contributed by atoms with Crippen LogP contribution in [0, 0.1) is 10.1 Å². The Balaban J connectivity index is 2.10. The quantitative estimate of drug-likeness (QED) is 0.192. The molecule has 2 aromatic rings. The van der Waals surface area contributed by atoms with Gasteiger partial charge in [-0.3, -0.25) is 19.7 Å². The lowest BCUT2D eigenvalue weighted by molar-refractivity contribution is -0.384. The van der Waals surface area contributed by atoms with Crippen LogP contribution in [0.3, 0.4) is 0 Å². The van der Waals surface area contributed by atoms with E-state index in [2.05, 4.69) is 0 Å². The number of carbonyl (C=O) groups is 2. The monoisotopic (exact) mass is 396 g/mol. The minimum atomic E-state index is -0.840. The van der Waals surface area contributed by atoms with Gasteiger partial charge in [0.2, 0.25) is 0 Å². The summed E-state index contributed by atoms with van der Waals surface area (Å²) >= 11 is 0. The molecule has 0 radical (unpaired) electrons. The highest BCUT2D eigenvalue weighted by Gasteiger charge is 2.45. The van der Waals surface area contributed by atoms with Gasteiger partial charge in [-0.2, -0.15) is 0 Å². The smallest absolute Gasteiger partial charge is 0.295 e. The number of non-ortho nitro benzene ring substituents is 1. The fourth-order valence-corrected chi connectivity index (χ4v) is 3.37. The van der Waals surface area contributed by atoms with Crippen molar-refractivity contribution >= 4 is 23.1 Å². The predicted molar refractivity (Wildman–Crippen MR) is 105 cm³/mol. The lowest BCUT2D eigenvalue weighted by Gasteiger charge is -2.25. The van der Waals surface area contributed by atoms with E-state index in [1.807, 2.05) is 0 Å². The molecule has 1 saturated heterocycles. The molecule has 0 saturated carbocycles. The van der Waals surface area contributed by atoms with E-state index >= 15 is 0 Å². The van der Waals surface area contributed by atoms with Crippen molar-refractivity contribution in [2.45, 2.75) is 12.5 Å². The highest BCUT2D eigenvalue weighted by atomic mass is 16.6. The Labute approximate surface area is 167 Å². The fourth-order valence-electron chi connectivity index (χ4n) is 3.37. The number of nitro benzene ring substituents is 1. The number of nitrogens with zero attached hydrogens (tertiary/aromatic N) is 2. The highest BCUT2D eigenvalue weighted by molar-refractivity contribution is 6.46. The molecule has 8 nitrogen and oxygen atoms in total. The Bertz CT molecular complexity index is 953. The SMILES string of the molecule is COCCCN1C(=O)C(=O)C(=C(O)c2ccccc2)[C@@H]1c1ccc([N+](=O)[O-])cc1. The number of hydrogen-bond donors (Lipinski definition) is 1. The fraction of sp³-hybridized carbons (Fsp3) is 0.238. The highest BCUT2D eigenvalue weighted by Crippen LogP contribution is 2.39. The third kappa shape index (κ3) is 4.02. The van der Waals surface area contributed by atoms with Crippen LogP contribution in [-0.2, 0) is 14.3 Å². The van der Waals surface area contributed by atoms with Crippen molar-refractivity contribution in [2.24, 2.45) is 0 Å². The molecule has 0 unspecified atom stereocenters. The van der Waals surface area contributed by atoms with E-state index < -0.39 is 22.7 Å². The maximum Gasteiger partial charge on any atom is 0.295 e. The van der Waals surface area contributed by atoms with Gasteiger partial charge in [0.1, 0.15) is 5.76 Å². The summed E-state index contributed by atoms with van der Waals surface area (Å²) in [4.78, 5) is 37.3. The molecular formula is C21H20N2O6. The number of nitro groups is 1. The molecule has 0 bridgehead atoms. The summed E-state index contributed by atoms with van der Waals surface area (Å²) in [6.07, 6.45) is 0.498. The Kier molecular flexibility index (Phi) is 6.04. The first-order valence-electron chi connectivity index (χ1n) is 9.02. The van der Waals surface area contributed by atoms with E-state index in [4.69, 9.17) is 4.74 Å². The molecule has 1 heterocycles. The van der Waals surface area contributed by atoms with Crippen LogP contribution in [0.4, 0.5) is 5.69 Å². The molecule has 1 fully saturated rings. The summed E-state index contributed by atoms with van der Waals surface area (Å²) in [6.45, 7) is 0.639. The number of hydrogen-bond acceptors (Lipinski definition) is 6. The molecule has 8 heteroatoms. The van der Waals surface area contributed by atoms with Gasteiger partial charge < -0.3 is 14.7 Å². The van der Waals surface area contributed by atoms with Crippen LogP contribution >= 0.6 is 0 Å². The molecule has 29 heavy (non-hydrogen) atoms. The number of aliphatic hydroxyl groups excluding tert-OH is 1. The number of rotatable bonds is 7. The third-order valence-electron chi connectivity index (χ3n) is 4.75. The number of ketones is 1. The summed E-state index contributed by atoms with van der Waals surface area (Å²) in [6, 6.07) is 13.3. The minimum Gasteiger partial charge on any atom is -0.507 e. The zero-order chi connectivity index (χ0) is 21.0. The number of benzene rings is 2. The van der Waals surface area contributed by atoms with Crippen molar-refractivity contribution in [3.05, 3.63) is 81.4 Å². The molecule has 1 aliphatic rings. The Morgan fingerprint density at radius 2 is 1.79 bits per heavy atom. The normalized spacial score (nSPS) is 18.2. The average Bonchev–Trinajstić information content (AvgIpc) is 2.99. The minimum absolute atomic E-state index is 0.0348. The summed E-state index contributed by atoms with van der Waals surface area (Å²) in [5.74, 6) is -1.78. The van der Waals surface area contributed by atoms with Crippen LogP contribution < -0.4 is 0 Å². The van der Waals surface area contributed by atoms with Crippen molar-refractivity contribution in [3.8, 4) is 0 Å². The van der Waals surface area contributed by atoms with E-state index in [-0.39, 0.29) is 23.6 Å². The number of likely N-dealkylation sites (tertiary alicyclic amines) is 1. The molecule has 0 spiro atoms. The summed E-state index contributed by atoms with van der Waals surface area (Å²) < 4.78 is 5.03. The summed E-state index contributed by atoms with van der Waals surface area (Å²) in [7, 11) is 1.54. The van der Waals surface area contributed by atoms with Gasteiger partial charge in [-0.1, -0.05) is 30.3 Å². The topological polar surface area (TPSA) is 110 Å². The zero-order valence-electron chi connectivity index (χ0n) is 15.8. The van der Waals surface area contributed by atoms with Gasteiger partial charge in [0.25, 0.3) is 17.4 Å². The Morgan fingerprint density at radius 3 is 2.38 bits per heavy atom. The van der Waals surface area contributed by atoms with Crippen LogP contribution in [0.2, 0.25) is 0 Å². The first-order chi connectivity index (χ1) is 14.0. The molecule has 0 aliphatic carbocycles. The van der Waals surface area contributed by atoms with Crippen LogP contribution in [0.25, 0.3) is 5.76 Å². The maximum absolute atomic E-state index is 12.8. The molecular weight excluding hydrogens is 376 g/mol. The van der Waals surface area contributed by atoms with Gasteiger partial charge in [0.15, 0.2) is 0 Å². The Morgan fingerprint density at radius 1 is 1.14 bits per heavy atom.